The standard InChI is InChI=1S/C22H29NO4S/c1-4-17(24)14-22(5-2)15-28(25,26)20-12-11-18(27-3)13-19(20)21(23-22)16-9-7-6-8-10-16/h6-13,17,21,23-24H,4-5,14-15H2,1-3H3/t17-,21+,22+/m1/s1. The number of benzene rings is 2. The molecule has 0 spiro atoms. The molecule has 3 rings (SSSR count). The Morgan fingerprint density at radius 1 is 1.21 bits per heavy atom. The molecule has 0 saturated heterocycles. The molecule has 0 aromatic heterocycles. The first kappa shape index (κ1) is 20.8. The van der Waals surface area contributed by atoms with Crippen molar-refractivity contribution in [3.05, 3.63) is 59.7 Å². The summed E-state index contributed by atoms with van der Waals surface area (Å²) < 4.78 is 32.1. The topological polar surface area (TPSA) is 75.6 Å². The van der Waals surface area contributed by atoms with E-state index in [0.29, 0.717) is 35.5 Å². The van der Waals surface area contributed by atoms with E-state index in [0.717, 1.165) is 5.56 Å². The van der Waals surface area contributed by atoms with Crippen molar-refractivity contribution in [3.63, 3.8) is 0 Å². The molecule has 0 amide bonds. The summed E-state index contributed by atoms with van der Waals surface area (Å²) in [6, 6.07) is 14.7. The third kappa shape index (κ3) is 4.09. The second-order valence-electron chi connectivity index (χ2n) is 7.55. The second-order valence-corrected chi connectivity index (χ2v) is 9.51. The largest absolute Gasteiger partial charge is 0.497 e. The molecule has 1 heterocycles. The summed E-state index contributed by atoms with van der Waals surface area (Å²) in [4.78, 5) is 0.330. The van der Waals surface area contributed by atoms with Crippen molar-refractivity contribution in [2.45, 2.75) is 55.7 Å². The first-order valence-electron chi connectivity index (χ1n) is 9.75. The van der Waals surface area contributed by atoms with E-state index >= 15 is 0 Å². The highest BCUT2D eigenvalue weighted by Gasteiger charge is 2.43. The lowest BCUT2D eigenvalue weighted by Gasteiger charge is -2.37. The molecule has 0 radical (unpaired) electrons. The number of nitrogens with one attached hydrogen (secondary N) is 1. The van der Waals surface area contributed by atoms with Crippen molar-refractivity contribution in [1.29, 1.82) is 0 Å². The molecule has 0 fully saturated rings. The average molecular weight is 404 g/mol. The van der Waals surface area contributed by atoms with Gasteiger partial charge in [-0.15, -0.1) is 0 Å². The van der Waals surface area contributed by atoms with E-state index in [-0.39, 0.29) is 11.8 Å². The summed E-state index contributed by atoms with van der Waals surface area (Å²) in [5.74, 6) is 0.574. The van der Waals surface area contributed by atoms with Crippen molar-refractivity contribution in [2.75, 3.05) is 12.9 Å². The first-order chi connectivity index (χ1) is 13.3. The predicted molar refractivity (Wildman–Crippen MR) is 110 cm³/mol. The maximum atomic E-state index is 13.4. The molecule has 1 aliphatic rings. The van der Waals surface area contributed by atoms with Gasteiger partial charge in [0.05, 0.1) is 29.9 Å². The SMILES string of the molecule is CC[C@@H](O)C[C@@]1(CC)CS(=O)(=O)c2ccc(OC)cc2[C@H](c2ccccc2)N1. The molecule has 2 aromatic carbocycles. The Hall–Kier alpha value is -1.89. The van der Waals surface area contributed by atoms with Crippen molar-refractivity contribution in [2.24, 2.45) is 0 Å². The van der Waals surface area contributed by atoms with Crippen LogP contribution in [0.2, 0.25) is 0 Å². The van der Waals surface area contributed by atoms with E-state index in [1.54, 1.807) is 25.3 Å². The van der Waals surface area contributed by atoms with E-state index < -0.39 is 21.5 Å². The smallest absolute Gasteiger partial charge is 0.180 e. The van der Waals surface area contributed by atoms with Crippen LogP contribution >= 0.6 is 0 Å². The maximum Gasteiger partial charge on any atom is 0.180 e. The fourth-order valence-corrected chi connectivity index (χ4v) is 6.10. The number of hydrogen-bond donors (Lipinski definition) is 2. The summed E-state index contributed by atoms with van der Waals surface area (Å²) in [7, 11) is -1.97. The molecule has 152 valence electrons. The van der Waals surface area contributed by atoms with Gasteiger partial charge in [-0.05, 0) is 48.6 Å². The summed E-state index contributed by atoms with van der Waals surface area (Å²) in [5, 5.41) is 14.0. The van der Waals surface area contributed by atoms with Gasteiger partial charge in [0.1, 0.15) is 5.75 Å². The molecular weight excluding hydrogens is 374 g/mol. The number of aliphatic hydroxyl groups excluding tert-OH is 1. The molecular formula is C22H29NO4S. The van der Waals surface area contributed by atoms with Crippen LogP contribution in [0, 0.1) is 0 Å². The predicted octanol–water partition coefficient (Wildman–Crippen LogP) is 3.47. The van der Waals surface area contributed by atoms with E-state index in [4.69, 9.17) is 4.74 Å². The summed E-state index contributed by atoms with van der Waals surface area (Å²) >= 11 is 0. The van der Waals surface area contributed by atoms with Crippen LogP contribution in [-0.4, -0.2) is 38.0 Å². The van der Waals surface area contributed by atoms with E-state index in [1.165, 1.54) is 0 Å². The fraction of sp³-hybridized carbons (Fsp3) is 0.455. The minimum absolute atomic E-state index is 0.0454. The molecule has 6 heteroatoms. The zero-order valence-electron chi connectivity index (χ0n) is 16.7. The van der Waals surface area contributed by atoms with Crippen molar-refractivity contribution >= 4 is 9.84 Å². The van der Waals surface area contributed by atoms with Crippen LogP contribution in [0.3, 0.4) is 0 Å². The van der Waals surface area contributed by atoms with E-state index in [9.17, 15) is 13.5 Å². The van der Waals surface area contributed by atoms with E-state index in [1.807, 2.05) is 44.2 Å². The zero-order chi connectivity index (χ0) is 20.4. The van der Waals surface area contributed by atoms with Gasteiger partial charge in [-0.25, -0.2) is 8.42 Å². The second kappa shape index (κ2) is 8.23. The quantitative estimate of drug-likeness (QED) is 0.772. The van der Waals surface area contributed by atoms with Gasteiger partial charge in [0.15, 0.2) is 9.84 Å². The van der Waals surface area contributed by atoms with Crippen LogP contribution in [0.5, 0.6) is 5.75 Å². The molecule has 28 heavy (non-hydrogen) atoms. The summed E-state index contributed by atoms with van der Waals surface area (Å²) in [6.07, 6.45) is 1.00. The molecule has 0 saturated carbocycles. The average Bonchev–Trinajstić information content (AvgIpc) is 2.80. The van der Waals surface area contributed by atoms with Crippen LogP contribution in [-0.2, 0) is 9.84 Å². The maximum absolute atomic E-state index is 13.4. The van der Waals surface area contributed by atoms with E-state index in [2.05, 4.69) is 5.32 Å². The molecule has 1 aliphatic heterocycles. The molecule has 0 unspecified atom stereocenters. The van der Waals surface area contributed by atoms with Crippen LogP contribution in [0.1, 0.15) is 50.3 Å². The van der Waals surface area contributed by atoms with Gasteiger partial charge in [-0.2, -0.15) is 0 Å². The van der Waals surface area contributed by atoms with Crippen LogP contribution in [0.25, 0.3) is 0 Å². The molecule has 0 bridgehead atoms. The number of aliphatic hydroxyl groups is 1. The van der Waals surface area contributed by atoms with Gasteiger partial charge in [0.2, 0.25) is 0 Å². The molecule has 3 atom stereocenters. The lowest BCUT2D eigenvalue weighted by Crippen LogP contribution is -2.52. The lowest BCUT2D eigenvalue weighted by molar-refractivity contribution is 0.115. The normalized spacial score (nSPS) is 24.8. The van der Waals surface area contributed by atoms with Gasteiger partial charge >= 0.3 is 0 Å². The minimum Gasteiger partial charge on any atom is -0.497 e. The number of rotatable bonds is 6. The van der Waals surface area contributed by atoms with Crippen molar-refractivity contribution in [3.8, 4) is 5.75 Å². The fourth-order valence-electron chi connectivity index (χ4n) is 4.00. The molecule has 2 aromatic rings. The summed E-state index contributed by atoms with van der Waals surface area (Å²) in [5.41, 5.74) is 0.950. The number of sulfone groups is 1. The molecule has 5 nitrogen and oxygen atoms in total. The highest BCUT2D eigenvalue weighted by atomic mass is 32.2. The van der Waals surface area contributed by atoms with Gasteiger partial charge in [0, 0.05) is 5.54 Å². The Morgan fingerprint density at radius 3 is 2.54 bits per heavy atom. The number of methoxy groups -OCH3 is 1. The lowest BCUT2D eigenvalue weighted by atomic mass is 9.87. The Bertz CT molecular complexity index is 913. The first-order valence-corrected chi connectivity index (χ1v) is 11.4. The number of fused-ring (bicyclic) bond motifs is 1. The van der Waals surface area contributed by atoms with Crippen LogP contribution in [0.15, 0.2) is 53.4 Å². The monoisotopic (exact) mass is 403 g/mol. The molecule has 0 aliphatic carbocycles. The minimum atomic E-state index is -3.55. The zero-order valence-corrected chi connectivity index (χ0v) is 17.5. The van der Waals surface area contributed by atoms with Crippen molar-refractivity contribution < 1.29 is 18.3 Å². The highest BCUT2D eigenvalue weighted by Crippen LogP contribution is 2.39. The third-order valence-corrected chi connectivity index (χ3v) is 7.66. The Kier molecular flexibility index (Phi) is 6.12. The molecule has 2 N–H and O–H groups in total. The Labute approximate surface area is 167 Å². The van der Waals surface area contributed by atoms with Gasteiger partial charge < -0.3 is 9.84 Å². The van der Waals surface area contributed by atoms with Crippen LogP contribution < -0.4 is 10.1 Å². The van der Waals surface area contributed by atoms with Crippen molar-refractivity contribution in [1.82, 2.24) is 5.32 Å². The van der Waals surface area contributed by atoms with Crippen LogP contribution in [0.4, 0.5) is 0 Å². The Balaban J connectivity index is 2.22. The van der Waals surface area contributed by atoms with Gasteiger partial charge in [0.25, 0.3) is 0 Å². The van der Waals surface area contributed by atoms with Gasteiger partial charge in [-0.3, -0.25) is 5.32 Å². The highest BCUT2D eigenvalue weighted by molar-refractivity contribution is 7.91. The number of hydrogen-bond acceptors (Lipinski definition) is 5. The third-order valence-electron chi connectivity index (χ3n) is 5.69. The Morgan fingerprint density at radius 2 is 1.93 bits per heavy atom. The van der Waals surface area contributed by atoms with Gasteiger partial charge in [-0.1, -0.05) is 44.2 Å². The summed E-state index contributed by atoms with van der Waals surface area (Å²) in [6.45, 7) is 3.89. The number of ether oxygens (including phenoxy) is 1.